The molecule has 0 saturated carbocycles. The van der Waals surface area contributed by atoms with E-state index in [0.717, 1.165) is 24.1 Å². The first kappa shape index (κ1) is 17.2. The number of nitrogens with zero attached hydrogens (tertiary/aromatic N) is 2. The van der Waals surface area contributed by atoms with Crippen LogP contribution < -0.4 is 5.32 Å². The van der Waals surface area contributed by atoms with E-state index in [0.29, 0.717) is 6.54 Å². The molecule has 0 bridgehead atoms. The van der Waals surface area contributed by atoms with Gasteiger partial charge in [0.1, 0.15) is 0 Å². The highest BCUT2D eigenvalue weighted by Crippen LogP contribution is 2.15. The Balaban J connectivity index is 1.85. The first-order valence-electron chi connectivity index (χ1n) is 8.15. The second kappa shape index (κ2) is 7.40. The fourth-order valence-electron chi connectivity index (χ4n) is 2.35. The molecule has 0 aliphatic carbocycles. The normalized spacial score (nSPS) is 14.6. The minimum Gasteiger partial charge on any atom is -0.351 e. The van der Waals surface area contributed by atoms with Crippen LogP contribution in [0.5, 0.6) is 0 Å². The van der Waals surface area contributed by atoms with E-state index in [-0.39, 0.29) is 30.2 Å². The van der Waals surface area contributed by atoms with Gasteiger partial charge in [0.05, 0.1) is 12.3 Å². The van der Waals surface area contributed by atoms with Gasteiger partial charge in [0.2, 0.25) is 11.8 Å². The summed E-state index contributed by atoms with van der Waals surface area (Å²) in [5, 5.41) is 8.82. The topological polar surface area (TPSA) is 61.8 Å². The summed E-state index contributed by atoms with van der Waals surface area (Å²) < 4.78 is 0. The monoisotopic (exact) mass is 315 g/mol. The molecule has 0 atom stereocenters. The van der Waals surface area contributed by atoms with Gasteiger partial charge in [0.25, 0.3) is 0 Å². The second-order valence-electron chi connectivity index (χ2n) is 6.47. The fraction of sp³-hybridized carbons (Fsp3) is 0.500. The standard InChI is InChI=1S/C18H25N3O2/c1-4-18(2,3)19-16(22)10-11-17(23)21-13-12-15(20-21)14-8-6-5-7-9-14/h5-9H,4,10-13H2,1-3H3,(H,19,22). The second-order valence-corrected chi connectivity index (χ2v) is 6.47. The number of nitrogens with one attached hydrogen (secondary N) is 1. The predicted octanol–water partition coefficient (Wildman–Crippen LogP) is 2.71. The summed E-state index contributed by atoms with van der Waals surface area (Å²) in [4.78, 5) is 24.1. The Morgan fingerprint density at radius 1 is 1.22 bits per heavy atom. The lowest BCUT2D eigenvalue weighted by Crippen LogP contribution is -2.43. The fourth-order valence-corrected chi connectivity index (χ4v) is 2.35. The van der Waals surface area contributed by atoms with Crippen LogP contribution in [0.4, 0.5) is 0 Å². The Morgan fingerprint density at radius 3 is 2.57 bits per heavy atom. The smallest absolute Gasteiger partial charge is 0.243 e. The first-order valence-corrected chi connectivity index (χ1v) is 8.15. The summed E-state index contributed by atoms with van der Waals surface area (Å²) in [5.74, 6) is -0.183. The third-order valence-corrected chi connectivity index (χ3v) is 4.12. The maximum Gasteiger partial charge on any atom is 0.243 e. The minimum absolute atomic E-state index is 0.0864. The average Bonchev–Trinajstić information content (AvgIpc) is 3.03. The van der Waals surface area contributed by atoms with Crippen molar-refractivity contribution in [2.45, 2.75) is 52.0 Å². The van der Waals surface area contributed by atoms with Crippen LogP contribution in [0.25, 0.3) is 0 Å². The molecule has 1 N–H and O–H groups in total. The maximum absolute atomic E-state index is 12.2. The molecule has 0 unspecified atom stereocenters. The lowest BCUT2D eigenvalue weighted by Gasteiger charge is -2.24. The van der Waals surface area contributed by atoms with Crippen molar-refractivity contribution in [3.05, 3.63) is 35.9 Å². The average molecular weight is 315 g/mol. The number of benzene rings is 1. The molecule has 5 nitrogen and oxygen atoms in total. The molecular formula is C18H25N3O2. The summed E-state index contributed by atoms with van der Waals surface area (Å²) in [5.41, 5.74) is 1.74. The van der Waals surface area contributed by atoms with Crippen LogP contribution in [-0.4, -0.2) is 34.6 Å². The Labute approximate surface area is 137 Å². The Bertz CT molecular complexity index is 594. The van der Waals surface area contributed by atoms with Gasteiger partial charge in [0.15, 0.2) is 0 Å². The van der Waals surface area contributed by atoms with Gasteiger partial charge in [-0.05, 0) is 25.8 Å². The van der Waals surface area contributed by atoms with Crippen LogP contribution in [0.2, 0.25) is 0 Å². The van der Waals surface area contributed by atoms with E-state index in [4.69, 9.17) is 0 Å². The number of hydrogen-bond donors (Lipinski definition) is 1. The predicted molar refractivity (Wildman–Crippen MR) is 91.1 cm³/mol. The van der Waals surface area contributed by atoms with E-state index >= 15 is 0 Å². The molecule has 2 amide bonds. The molecule has 5 heteroatoms. The molecule has 1 aromatic rings. The van der Waals surface area contributed by atoms with Crippen LogP contribution in [0.1, 0.15) is 52.0 Å². The van der Waals surface area contributed by atoms with E-state index in [1.165, 1.54) is 5.01 Å². The van der Waals surface area contributed by atoms with E-state index in [1.54, 1.807) is 0 Å². The van der Waals surface area contributed by atoms with Gasteiger partial charge in [0, 0.05) is 24.8 Å². The summed E-state index contributed by atoms with van der Waals surface area (Å²) in [7, 11) is 0. The molecule has 0 fully saturated rings. The van der Waals surface area contributed by atoms with E-state index < -0.39 is 0 Å². The van der Waals surface area contributed by atoms with Crippen molar-refractivity contribution < 1.29 is 9.59 Å². The largest absolute Gasteiger partial charge is 0.351 e. The Morgan fingerprint density at radius 2 is 1.91 bits per heavy atom. The van der Waals surface area contributed by atoms with Gasteiger partial charge >= 0.3 is 0 Å². The molecule has 23 heavy (non-hydrogen) atoms. The molecule has 2 rings (SSSR count). The molecule has 0 saturated heterocycles. The van der Waals surface area contributed by atoms with E-state index in [1.807, 2.05) is 51.1 Å². The SMILES string of the molecule is CCC(C)(C)NC(=O)CCC(=O)N1CCC(c2ccccc2)=N1. The molecule has 1 aromatic carbocycles. The number of rotatable bonds is 6. The van der Waals surface area contributed by atoms with Crippen LogP contribution >= 0.6 is 0 Å². The van der Waals surface area contributed by atoms with Crippen molar-refractivity contribution in [1.29, 1.82) is 0 Å². The van der Waals surface area contributed by atoms with Crippen LogP contribution in [0, 0.1) is 0 Å². The third-order valence-electron chi connectivity index (χ3n) is 4.12. The lowest BCUT2D eigenvalue weighted by atomic mass is 10.0. The Hall–Kier alpha value is -2.17. The van der Waals surface area contributed by atoms with Crippen molar-refractivity contribution >= 4 is 17.5 Å². The zero-order valence-electron chi connectivity index (χ0n) is 14.1. The molecule has 0 spiro atoms. The molecule has 1 aliphatic rings. The Kier molecular flexibility index (Phi) is 5.53. The molecule has 1 aliphatic heterocycles. The molecule has 124 valence electrons. The van der Waals surface area contributed by atoms with Gasteiger partial charge in [-0.15, -0.1) is 0 Å². The highest BCUT2D eigenvalue weighted by atomic mass is 16.2. The van der Waals surface area contributed by atoms with Crippen molar-refractivity contribution in [3.8, 4) is 0 Å². The number of carbonyl (C=O) groups is 2. The van der Waals surface area contributed by atoms with Crippen molar-refractivity contribution in [2.75, 3.05) is 6.54 Å². The minimum atomic E-state index is -0.230. The maximum atomic E-state index is 12.2. The molecular weight excluding hydrogens is 290 g/mol. The number of hydrazone groups is 1. The summed E-state index contributed by atoms with van der Waals surface area (Å²) in [6.45, 7) is 6.56. The highest BCUT2D eigenvalue weighted by molar-refractivity contribution is 6.02. The first-order chi connectivity index (χ1) is 10.9. The van der Waals surface area contributed by atoms with Crippen molar-refractivity contribution in [3.63, 3.8) is 0 Å². The van der Waals surface area contributed by atoms with Gasteiger partial charge in [-0.3, -0.25) is 9.59 Å². The summed E-state index contributed by atoms with van der Waals surface area (Å²) in [6.07, 6.45) is 2.00. The van der Waals surface area contributed by atoms with Crippen LogP contribution in [0.3, 0.4) is 0 Å². The van der Waals surface area contributed by atoms with Gasteiger partial charge in [-0.1, -0.05) is 37.3 Å². The van der Waals surface area contributed by atoms with Crippen LogP contribution in [0.15, 0.2) is 35.4 Å². The quantitative estimate of drug-likeness (QED) is 0.877. The van der Waals surface area contributed by atoms with Gasteiger partial charge in [-0.2, -0.15) is 5.10 Å². The van der Waals surface area contributed by atoms with E-state index in [9.17, 15) is 9.59 Å². The number of hydrogen-bond acceptors (Lipinski definition) is 3. The van der Waals surface area contributed by atoms with Gasteiger partial charge in [-0.25, -0.2) is 5.01 Å². The van der Waals surface area contributed by atoms with E-state index in [2.05, 4.69) is 10.4 Å². The zero-order chi connectivity index (χ0) is 16.9. The summed E-state index contributed by atoms with van der Waals surface area (Å²) in [6, 6.07) is 9.86. The third kappa shape index (κ3) is 4.91. The molecule has 0 aromatic heterocycles. The highest BCUT2D eigenvalue weighted by Gasteiger charge is 2.23. The van der Waals surface area contributed by atoms with Crippen molar-refractivity contribution in [2.24, 2.45) is 5.10 Å². The van der Waals surface area contributed by atoms with Crippen molar-refractivity contribution in [1.82, 2.24) is 10.3 Å². The molecule has 0 radical (unpaired) electrons. The van der Waals surface area contributed by atoms with Gasteiger partial charge < -0.3 is 5.32 Å². The summed E-state index contributed by atoms with van der Waals surface area (Å²) >= 11 is 0. The lowest BCUT2D eigenvalue weighted by molar-refractivity contribution is -0.133. The number of amides is 2. The zero-order valence-corrected chi connectivity index (χ0v) is 14.1. The number of carbonyl (C=O) groups excluding carboxylic acids is 2. The molecule has 1 heterocycles. The van der Waals surface area contributed by atoms with Crippen LogP contribution in [-0.2, 0) is 9.59 Å².